The number of nitrogens with two attached hydrogens (primary N) is 1. The predicted molar refractivity (Wildman–Crippen MR) is 83.4 cm³/mol. The predicted octanol–water partition coefficient (Wildman–Crippen LogP) is 1.56. The van der Waals surface area contributed by atoms with Crippen LogP contribution in [0.5, 0.6) is 0 Å². The molecule has 1 heterocycles. The Morgan fingerprint density at radius 1 is 1.33 bits per heavy atom. The number of thiocarbonyl (C=S) groups is 1. The van der Waals surface area contributed by atoms with Gasteiger partial charge in [-0.15, -0.1) is 0 Å². The van der Waals surface area contributed by atoms with E-state index in [1.54, 1.807) is 6.07 Å². The van der Waals surface area contributed by atoms with Gasteiger partial charge in [0.25, 0.3) is 11.6 Å². The van der Waals surface area contributed by atoms with Crippen LogP contribution < -0.4 is 16.0 Å². The van der Waals surface area contributed by atoms with Crippen molar-refractivity contribution in [2.24, 2.45) is 5.73 Å². The highest BCUT2D eigenvalue weighted by Gasteiger charge is 2.22. The molecule has 0 atom stereocenters. The van der Waals surface area contributed by atoms with Gasteiger partial charge in [-0.05, 0) is 37.5 Å². The number of non-ortho nitro benzene ring substituents is 1. The molecule has 0 aliphatic carbocycles. The highest BCUT2D eigenvalue weighted by Crippen LogP contribution is 2.28. The SMILES string of the molecule is NC(=S)NC(=O)c1cc([N+](=O)[O-])ccc1N1CCCCC1. The lowest BCUT2D eigenvalue weighted by Crippen LogP contribution is -2.37. The Kier molecular flexibility index (Phi) is 4.69. The second-order valence-electron chi connectivity index (χ2n) is 4.82. The zero-order valence-corrected chi connectivity index (χ0v) is 12.2. The molecule has 0 aromatic heterocycles. The smallest absolute Gasteiger partial charge is 0.270 e. The van der Waals surface area contributed by atoms with Crippen LogP contribution in [0.2, 0.25) is 0 Å². The van der Waals surface area contributed by atoms with Gasteiger partial charge in [-0.2, -0.15) is 0 Å². The molecule has 2 rings (SSSR count). The first kappa shape index (κ1) is 15.2. The maximum Gasteiger partial charge on any atom is 0.270 e. The lowest BCUT2D eigenvalue weighted by Gasteiger charge is -2.30. The highest BCUT2D eigenvalue weighted by atomic mass is 32.1. The first-order chi connectivity index (χ1) is 9.99. The number of carbonyl (C=O) groups is 1. The van der Waals surface area contributed by atoms with Crippen molar-refractivity contribution in [3.8, 4) is 0 Å². The van der Waals surface area contributed by atoms with Gasteiger partial charge in [0.15, 0.2) is 5.11 Å². The third-order valence-electron chi connectivity index (χ3n) is 3.37. The number of nitro groups is 1. The van der Waals surface area contributed by atoms with Gasteiger partial charge in [-0.25, -0.2) is 0 Å². The Labute approximate surface area is 127 Å². The van der Waals surface area contributed by atoms with Gasteiger partial charge < -0.3 is 10.6 Å². The van der Waals surface area contributed by atoms with Gasteiger partial charge in [0.05, 0.1) is 16.2 Å². The van der Waals surface area contributed by atoms with Crippen molar-refractivity contribution in [1.29, 1.82) is 0 Å². The van der Waals surface area contributed by atoms with Crippen molar-refractivity contribution in [1.82, 2.24) is 5.32 Å². The number of rotatable bonds is 3. The molecule has 1 amide bonds. The summed E-state index contributed by atoms with van der Waals surface area (Å²) in [5, 5.41) is 13.1. The minimum absolute atomic E-state index is 0.135. The first-order valence-electron chi connectivity index (χ1n) is 6.63. The Hall–Kier alpha value is -2.22. The summed E-state index contributed by atoms with van der Waals surface area (Å²) in [6.45, 7) is 1.65. The molecule has 1 aromatic rings. The molecule has 1 aromatic carbocycles. The van der Waals surface area contributed by atoms with Crippen LogP contribution in [0.4, 0.5) is 11.4 Å². The molecule has 112 valence electrons. The zero-order chi connectivity index (χ0) is 15.4. The standard InChI is InChI=1S/C13H16N4O3S/c14-13(21)15-12(18)10-8-9(17(19)20)4-5-11(10)16-6-2-1-3-7-16/h4-5,8H,1-3,6-7H2,(H3,14,15,18,21). The van der Waals surface area contributed by atoms with E-state index >= 15 is 0 Å². The number of hydrogen-bond acceptors (Lipinski definition) is 5. The number of benzene rings is 1. The molecule has 1 aliphatic rings. The van der Waals surface area contributed by atoms with Crippen molar-refractivity contribution in [2.45, 2.75) is 19.3 Å². The minimum atomic E-state index is -0.530. The summed E-state index contributed by atoms with van der Waals surface area (Å²) >= 11 is 4.65. The highest BCUT2D eigenvalue weighted by molar-refractivity contribution is 7.80. The molecule has 3 N–H and O–H groups in total. The van der Waals surface area contributed by atoms with Crippen LogP contribution in [0.25, 0.3) is 0 Å². The lowest BCUT2D eigenvalue weighted by molar-refractivity contribution is -0.384. The molecule has 0 unspecified atom stereocenters. The molecule has 0 saturated carbocycles. The van der Waals surface area contributed by atoms with E-state index < -0.39 is 10.8 Å². The normalized spacial score (nSPS) is 14.6. The zero-order valence-electron chi connectivity index (χ0n) is 11.4. The number of carbonyl (C=O) groups excluding carboxylic acids is 1. The maximum atomic E-state index is 12.2. The van der Waals surface area contributed by atoms with Crippen LogP contribution in [0.1, 0.15) is 29.6 Å². The molecule has 21 heavy (non-hydrogen) atoms. The molecule has 0 radical (unpaired) electrons. The van der Waals surface area contributed by atoms with Crippen molar-refractivity contribution in [3.05, 3.63) is 33.9 Å². The van der Waals surface area contributed by atoms with E-state index in [1.807, 2.05) is 0 Å². The van der Waals surface area contributed by atoms with Crippen LogP contribution in [-0.2, 0) is 0 Å². The van der Waals surface area contributed by atoms with Gasteiger partial charge in [0, 0.05) is 25.2 Å². The Bertz CT molecular complexity index is 585. The summed E-state index contributed by atoms with van der Waals surface area (Å²) in [7, 11) is 0. The molecule has 0 spiro atoms. The van der Waals surface area contributed by atoms with Crippen molar-refractivity contribution >= 4 is 34.6 Å². The Morgan fingerprint density at radius 3 is 2.57 bits per heavy atom. The molecular weight excluding hydrogens is 292 g/mol. The Balaban J connectivity index is 2.40. The van der Waals surface area contributed by atoms with Crippen molar-refractivity contribution in [2.75, 3.05) is 18.0 Å². The molecule has 1 fully saturated rings. The molecule has 8 heteroatoms. The number of amides is 1. The molecular formula is C13H16N4O3S. The lowest BCUT2D eigenvalue weighted by atomic mass is 10.1. The fourth-order valence-electron chi connectivity index (χ4n) is 2.41. The van der Waals surface area contributed by atoms with E-state index in [0.717, 1.165) is 32.4 Å². The fraction of sp³-hybridized carbons (Fsp3) is 0.385. The molecule has 1 aliphatic heterocycles. The van der Waals surface area contributed by atoms with E-state index in [0.29, 0.717) is 5.69 Å². The van der Waals surface area contributed by atoms with Crippen molar-refractivity contribution < 1.29 is 9.72 Å². The van der Waals surface area contributed by atoms with Gasteiger partial charge in [0.2, 0.25) is 0 Å². The average Bonchev–Trinajstić information content (AvgIpc) is 2.46. The number of nitrogens with zero attached hydrogens (tertiary/aromatic N) is 2. The maximum absolute atomic E-state index is 12.2. The van der Waals surface area contributed by atoms with Gasteiger partial charge in [-0.1, -0.05) is 0 Å². The monoisotopic (exact) mass is 308 g/mol. The van der Waals surface area contributed by atoms with Crippen molar-refractivity contribution in [3.63, 3.8) is 0 Å². The van der Waals surface area contributed by atoms with Crippen LogP contribution in [0.3, 0.4) is 0 Å². The molecule has 0 bridgehead atoms. The summed E-state index contributed by atoms with van der Waals surface area (Å²) in [6.07, 6.45) is 3.22. The second kappa shape index (κ2) is 6.49. The largest absolute Gasteiger partial charge is 0.376 e. The first-order valence-corrected chi connectivity index (χ1v) is 7.04. The number of hydrogen-bond donors (Lipinski definition) is 2. The van der Waals surface area contributed by atoms with E-state index in [2.05, 4.69) is 22.4 Å². The van der Waals surface area contributed by atoms with Gasteiger partial charge >= 0.3 is 0 Å². The average molecular weight is 308 g/mol. The van der Waals surface area contributed by atoms with Crippen LogP contribution >= 0.6 is 12.2 Å². The molecule has 7 nitrogen and oxygen atoms in total. The molecule has 1 saturated heterocycles. The third-order valence-corrected chi connectivity index (χ3v) is 3.47. The van der Waals surface area contributed by atoms with Gasteiger partial charge in [-0.3, -0.25) is 20.2 Å². The fourth-order valence-corrected chi connectivity index (χ4v) is 2.50. The second-order valence-corrected chi connectivity index (χ2v) is 5.26. The van der Waals surface area contributed by atoms with Crippen LogP contribution in [0.15, 0.2) is 18.2 Å². The number of nitro benzene ring substituents is 1. The van der Waals surface area contributed by atoms with Crippen LogP contribution in [0, 0.1) is 10.1 Å². The minimum Gasteiger partial charge on any atom is -0.376 e. The number of nitrogens with one attached hydrogen (secondary N) is 1. The van der Waals surface area contributed by atoms with E-state index in [9.17, 15) is 14.9 Å². The number of piperidine rings is 1. The summed E-state index contributed by atoms with van der Waals surface area (Å²) in [6, 6.07) is 4.27. The summed E-state index contributed by atoms with van der Waals surface area (Å²) in [4.78, 5) is 24.6. The Morgan fingerprint density at radius 2 is 2.00 bits per heavy atom. The number of anilines is 1. The van der Waals surface area contributed by atoms with E-state index in [1.165, 1.54) is 12.1 Å². The quantitative estimate of drug-likeness (QED) is 0.499. The van der Waals surface area contributed by atoms with Gasteiger partial charge in [0.1, 0.15) is 0 Å². The van der Waals surface area contributed by atoms with Crippen LogP contribution in [-0.4, -0.2) is 29.0 Å². The summed E-state index contributed by atoms with van der Waals surface area (Å²) in [5.74, 6) is -0.522. The topological polar surface area (TPSA) is 101 Å². The van der Waals surface area contributed by atoms with E-state index in [-0.39, 0.29) is 16.4 Å². The summed E-state index contributed by atoms with van der Waals surface area (Å²) in [5.41, 5.74) is 6.07. The third kappa shape index (κ3) is 3.66. The van der Waals surface area contributed by atoms with E-state index in [4.69, 9.17) is 5.73 Å². The summed E-state index contributed by atoms with van der Waals surface area (Å²) < 4.78 is 0.